The van der Waals surface area contributed by atoms with E-state index in [0.29, 0.717) is 16.8 Å². The number of rotatable bonds is 6. The predicted molar refractivity (Wildman–Crippen MR) is 130 cm³/mol. The van der Waals surface area contributed by atoms with E-state index >= 15 is 0 Å². The summed E-state index contributed by atoms with van der Waals surface area (Å²) in [7, 11) is -2.77. The maximum atomic E-state index is 13.2. The number of para-hydroxylation sites is 1. The average molecular weight is 475 g/mol. The first-order valence-corrected chi connectivity index (χ1v) is 12.0. The van der Waals surface area contributed by atoms with Crippen LogP contribution >= 0.6 is 0 Å². The number of allylic oxidation sites excluding steroid dienone is 2. The minimum atomic E-state index is -4.04. The highest BCUT2D eigenvalue weighted by Crippen LogP contribution is 2.26. The number of ketones is 1. The van der Waals surface area contributed by atoms with Gasteiger partial charge in [0.05, 0.1) is 34.7 Å². The zero-order valence-electron chi connectivity index (χ0n) is 18.6. The molecule has 0 saturated heterocycles. The van der Waals surface area contributed by atoms with Gasteiger partial charge in [-0.05, 0) is 42.3 Å². The monoisotopic (exact) mass is 474 g/mol. The summed E-state index contributed by atoms with van der Waals surface area (Å²) in [5, 5.41) is 2.96. The Labute approximate surface area is 197 Å². The molecule has 0 aliphatic heterocycles. The van der Waals surface area contributed by atoms with Crippen LogP contribution in [-0.4, -0.2) is 33.0 Å². The largest absolute Gasteiger partial charge is 0.465 e. The number of Topliss-reactive ketones (excluding diaryl/α,β-unsaturated/α-hetero) is 1. The molecule has 34 heavy (non-hydrogen) atoms. The van der Waals surface area contributed by atoms with Gasteiger partial charge in [0.2, 0.25) is 5.78 Å². The molecule has 3 aromatic carbocycles. The Morgan fingerprint density at radius 1 is 0.941 bits per heavy atom. The summed E-state index contributed by atoms with van der Waals surface area (Å²) < 4.78 is 35.0. The highest BCUT2D eigenvalue weighted by molar-refractivity contribution is 7.90. The molecule has 1 N–H and O–H groups in total. The Morgan fingerprint density at radius 2 is 1.59 bits per heavy atom. The molecule has 0 fully saturated rings. The SMILES string of the molecule is CCc1ccc(S(=O)(=O)/N=C2/C=C(Nc3ccccc3C(=O)OC)C(=O)c3ccccc32)cc1. The van der Waals surface area contributed by atoms with E-state index in [1.807, 2.05) is 6.92 Å². The standard InChI is InChI=1S/C26H22N2O5S/c1-3-17-12-14-18(15-13-17)34(31,32)28-23-16-24(25(29)20-9-5-4-8-19(20)23)27-22-11-7-6-10-21(22)26(30)33-2/h4-16,27H,3H2,1-2H3/b28-23-. The van der Waals surface area contributed by atoms with Gasteiger partial charge in [0, 0.05) is 11.1 Å². The van der Waals surface area contributed by atoms with Gasteiger partial charge in [-0.1, -0.05) is 55.5 Å². The second-order valence-electron chi connectivity index (χ2n) is 7.54. The molecule has 0 atom stereocenters. The maximum absolute atomic E-state index is 13.2. The molecular formula is C26H22N2O5S. The van der Waals surface area contributed by atoms with Crippen molar-refractivity contribution in [1.82, 2.24) is 0 Å². The minimum absolute atomic E-state index is 0.0607. The number of sulfonamides is 1. The summed E-state index contributed by atoms with van der Waals surface area (Å²) in [6.45, 7) is 1.98. The molecule has 7 nitrogen and oxygen atoms in total. The summed E-state index contributed by atoms with van der Waals surface area (Å²) in [6.07, 6.45) is 2.17. The lowest BCUT2D eigenvalue weighted by Gasteiger charge is -2.19. The van der Waals surface area contributed by atoms with Gasteiger partial charge in [-0.25, -0.2) is 4.79 Å². The second kappa shape index (κ2) is 9.44. The molecule has 1 aliphatic rings. The minimum Gasteiger partial charge on any atom is -0.465 e. The Kier molecular flexibility index (Phi) is 6.43. The van der Waals surface area contributed by atoms with Crippen molar-refractivity contribution in [2.24, 2.45) is 4.40 Å². The van der Waals surface area contributed by atoms with Crippen LogP contribution in [0, 0.1) is 0 Å². The van der Waals surface area contributed by atoms with Crippen molar-refractivity contribution in [3.63, 3.8) is 0 Å². The smallest absolute Gasteiger partial charge is 0.339 e. The zero-order chi connectivity index (χ0) is 24.3. The number of anilines is 1. The van der Waals surface area contributed by atoms with Gasteiger partial charge in [0.1, 0.15) is 0 Å². The highest BCUT2D eigenvalue weighted by Gasteiger charge is 2.27. The molecule has 1 aliphatic carbocycles. The highest BCUT2D eigenvalue weighted by atomic mass is 32.2. The number of carbonyl (C=O) groups excluding carboxylic acids is 2. The quantitative estimate of drug-likeness (QED) is 0.531. The van der Waals surface area contributed by atoms with Crippen molar-refractivity contribution < 1.29 is 22.7 Å². The number of nitrogens with zero attached hydrogens (tertiary/aromatic N) is 1. The first kappa shape index (κ1) is 23.1. The second-order valence-corrected chi connectivity index (χ2v) is 9.15. The number of esters is 1. The third-order valence-corrected chi connectivity index (χ3v) is 6.73. The van der Waals surface area contributed by atoms with Gasteiger partial charge >= 0.3 is 5.97 Å². The normalized spacial score (nSPS) is 14.4. The van der Waals surface area contributed by atoms with E-state index in [1.54, 1.807) is 60.7 Å². The molecule has 0 radical (unpaired) electrons. The lowest BCUT2D eigenvalue weighted by Crippen LogP contribution is -2.23. The molecule has 3 aromatic rings. The summed E-state index contributed by atoms with van der Waals surface area (Å²) in [5.41, 5.74) is 2.52. The number of benzene rings is 3. The summed E-state index contributed by atoms with van der Waals surface area (Å²) in [6, 6.07) is 19.8. The summed E-state index contributed by atoms with van der Waals surface area (Å²) in [4.78, 5) is 25.4. The van der Waals surface area contributed by atoms with Crippen LogP contribution in [0.4, 0.5) is 5.69 Å². The van der Waals surface area contributed by atoms with Gasteiger partial charge in [0.25, 0.3) is 10.0 Å². The van der Waals surface area contributed by atoms with Gasteiger partial charge in [0.15, 0.2) is 0 Å². The summed E-state index contributed by atoms with van der Waals surface area (Å²) >= 11 is 0. The predicted octanol–water partition coefficient (Wildman–Crippen LogP) is 4.41. The van der Waals surface area contributed by atoms with Crippen LogP contribution in [0.15, 0.2) is 93.9 Å². The lowest BCUT2D eigenvalue weighted by atomic mass is 9.92. The topological polar surface area (TPSA) is 102 Å². The molecule has 0 saturated carbocycles. The first-order chi connectivity index (χ1) is 16.3. The van der Waals surface area contributed by atoms with E-state index in [4.69, 9.17) is 4.74 Å². The third-order valence-electron chi connectivity index (χ3n) is 5.42. The Balaban J connectivity index is 1.80. The zero-order valence-corrected chi connectivity index (χ0v) is 19.4. The molecule has 0 bridgehead atoms. The van der Waals surface area contributed by atoms with Crippen LogP contribution in [0.2, 0.25) is 0 Å². The van der Waals surface area contributed by atoms with Crippen LogP contribution in [0.3, 0.4) is 0 Å². The number of hydrogen-bond acceptors (Lipinski definition) is 6. The van der Waals surface area contributed by atoms with Gasteiger partial charge in [-0.15, -0.1) is 0 Å². The number of aryl methyl sites for hydroxylation is 1. The van der Waals surface area contributed by atoms with Crippen molar-refractivity contribution in [2.45, 2.75) is 18.2 Å². The lowest BCUT2D eigenvalue weighted by molar-refractivity contribution is 0.0601. The number of nitrogens with one attached hydrogen (secondary N) is 1. The molecule has 0 amide bonds. The van der Waals surface area contributed by atoms with Crippen LogP contribution < -0.4 is 5.32 Å². The van der Waals surface area contributed by atoms with Crippen molar-refractivity contribution in [3.8, 4) is 0 Å². The first-order valence-electron chi connectivity index (χ1n) is 10.6. The summed E-state index contributed by atoms with van der Waals surface area (Å²) in [5.74, 6) is -0.918. The molecule has 0 spiro atoms. The number of methoxy groups -OCH3 is 1. The third kappa shape index (κ3) is 4.53. The molecular weight excluding hydrogens is 452 g/mol. The molecule has 4 rings (SSSR count). The average Bonchev–Trinajstić information content (AvgIpc) is 2.86. The van der Waals surface area contributed by atoms with E-state index in [0.717, 1.165) is 12.0 Å². The van der Waals surface area contributed by atoms with Crippen molar-refractivity contribution >= 4 is 33.2 Å². The van der Waals surface area contributed by atoms with E-state index in [2.05, 4.69) is 9.71 Å². The van der Waals surface area contributed by atoms with Gasteiger partial charge in [-0.3, -0.25) is 4.79 Å². The van der Waals surface area contributed by atoms with E-state index < -0.39 is 16.0 Å². The molecule has 0 heterocycles. The number of hydrogen-bond donors (Lipinski definition) is 1. The number of ether oxygens (including phenoxy) is 1. The van der Waals surface area contributed by atoms with Gasteiger partial charge < -0.3 is 10.1 Å². The number of carbonyl (C=O) groups is 2. The maximum Gasteiger partial charge on any atom is 0.339 e. The van der Waals surface area contributed by atoms with Crippen LogP contribution in [0.25, 0.3) is 0 Å². The van der Waals surface area contributed by atoms with Crippen molar-refractivity contribution in [3.05, 3.63) is 107 Å². The Hall–Kier alpha value is -4.04. The van der Waals surface area contributed by atoms with E-state index in [1.165, 1.54) is 25.3 Å². The number of fused-ring (bicyclic) bond motifs is 1. The Bertz CT molecular complexity index is 1440. The fraction of sp³-hybridized carbons (Fsp3) is 0.115. The Morgan fingerprint density at radius 3 is 2.26 bits per heavy atom. The fourth-order valence-electron chi connectivity index (χ4n) is 3.60. The van der Waals surface area contributed by atoms with Crippen LogP contribution in [0.5, 0.6) is 0 Å². The van der Waals surface area contributed by atoms with Crippen molar-refractivity contribution in [2.75, 3.05) is 12.4 Å². The van der Waals surface area contributed by atoms with Crippen LogP contribution in [-0.2, 0) is 21.2 Å². The van der Waals surface area contributed by atoms with Gasteiger partial charge in [-0.2, -0.15) is 12.8 Å². The van der Waals surface area contributed by atoms with Crippen molar-refractivity contribution in [1.29, 1.82) is 0 Å². The fourth-order valence-corrected chi connectivity index (χ4v) is 4.60. The molecule has 172 valence electrons. The van der Waals surface area contributed by atoms with E-state index in [-0.39, 0.29) is 27.7 Å². The molecule has 0 unspecified atom stereocenters. The van der Waals surface area contributed by atoms with E-state index in [9.17, 15) is 18.0 Å². The van der Waals surface area contributed by atoms with Crippen LogP contribution in [0.1, 0.15) is 38.8 Å². The molecule has 8 heteroatoms. The molecule has 0 aromatic heterocycles.